The van der Waals surface area contributed by atoms with E-state index in [2.05, 4.69) is 11.4 Å². The largest absolute Gasteiger partial charge is 0.378 e. The molecule has 2 aromatic rings. The number of halogens is 1. The topological polar surface area (TPSA) is 35.8 Å². The summed E-state index contributed by atoms with van der Waals surface area (Å²) in [6, 6.07) is 14.6. The fourth-order valence-electron chi connectivity index (χ4n) is 1.89. The van der Waals surface area contributed by atoms with Crippen LogP contribution in [0.3, 0.4) is 0 Å². The highest BCUT2D eigenvalue weighted by Crippen LogP contribution is 2.21. The summed E-state index contributed by atoms with van der Waals surface area (Å²) in [5.41, 5.74) is 2.99. The number of hydrogen-bond donors (Lipinski definition) is 1. The molecule has 0 aromatic heterocycles. The SMILES string of the molecule is Cc1ccc(NC(C)c2cccc(C#N)c2)cc1F. The van der Waals surface area contributed by atoms with Crippen molar-refractivity contribution in [2.75, 3.05) is 5.32 Å². The highest BCUT2D eigenvalue weighted by Gasteiger charge is 2.07. The number of nitrogens with one attached hydrogen (secondary N) is 1. The highest BCUT2D eigenvalue weighted by molar-refractivity contribution is 5.47. The fourth-order valence-corrected chi connectivity index (χ4v) is 1.89. The summed E-state index contributed by atoms with van der Waals surface area (Å²) in [7, 11) is 0. The number of benzene rings is 2. The van der Waals surface area contributed by atoms with Crippen molar-refractivity contribution in [2.45, 2.75) is 19.9 Å². The third kappa shape index (κ3) is 3.11. The van der Waals surface area contributed by atoms with E-state index in [-0.39, 0.29) is 11.9 Å². The quantitative estimate of drug-likeness (QED) is 0.891. The Morgan fingerprint density at radius 2 is 2.00 bits per heavy atom. The van der Waals surface area contributed by atoms with E-state index in [1.165, 1.54) is 6.07 Å². The van der Waals surface area contributed by atoms with Gasteiger partial charge in [0.25, 0.3) is 0 Å². The average molecular weight is 254 g/mol. The van der Waals surface area contributed by atoms with Crippen molar-refractivity contribution in [1.82, 2.24) is 0 Å². The zero-order valence-corrected chi connectivity index (χ0v) is 10.9. The van der Waals surface area contributed by atoms with Gasteiger partial charge in [0.1, 0.15) is 5.82 Å². The molecule has 0 radical (unpaired) electrons. The van der Waals surface area contributed by atoms with Crippen LogP contribution in [0.1, 0.15) is 29.7 Å². The molecule has 2 nitrogen and oxygen atoms in total. The Labute approximate surface area is 112 Å². The summed E-state index contributed by atoms with van der Waals surface area (Å²) in [5, 5.41) is 12.1. The van der Waals surface area contributed by atoms with Crippen molar-refractivity contribution < 1.29 is 4.39 Å². The lowest BCUT2D eigenvalue weighted by atomic mass is 10.1. The van der Waals surface area contributed by atoms with Gasteiger partial charge in [0.05, 0.1) is 11.6 Å². The molecule has 2 rings (SSSR count). The lowest BCUT2D eigenvalue weighted by molar-refractivity contribution is 0.618. The normalized spacial score (nSPS) is 11.7. The van der Waals surface area contributed by atoms with Crippen molar-refractivity contribution >= 4 is 5.69 Å². The molecule has 1 atom stereocenters. The van der Waals surface area contributed by atoms with Gasteiger partial charge in [-0.15, -0.1) is 0 Å². The van der Waals surface area contributed by atoms with Gasteiger partial charge in [-0.1, -0.05) is 18.2 Å². The Balaban J connectivity index is 2.18. The van der Waals surface area contributed by atoms with Crippen LogP contribution < -0.4 is 5.32 Å². The molecule has 1 N–H and O–H groups in total. The Morgan fingerprint density at radius 3 is 2.68 bits per heavy atom. The summed E-state index contributed by atoms with van der Waals surface area (Å²) in [4.78, 5) is 0. The molecule has 0 saturated heterocycles. The van der Waals surface area contributed by atoms with Crippen molar-refractivity contribution in [3.05, 3.63) is 65.0 Å². The van der Waals surface area contributed by atoms with Gasteiger partial charge in [-0.25, -0.2) is 4.39 Å². The van der Waals surface area contributed by atoms with E-state index in [0.29, 0.717) is 11.1 Å². The molecule has 1 unspecified atom stereocenters. The smallest absolute Gasteiger partial charge is 0.128 e. The van der Waals surface area contributed by atoms with Gasteiger partial charge < -0.3 is 5.32 Å². The summed E-state index contributed by atoms with van der Waals surface area (Å²) in [6.07, 6.45) is 0. The van der Waals surface area contributed by atoms with Crippen molar-refractivity contribution in [2.24, 2.45) is 0 Å². The Kier molecular flexibility index (Phi) is 3.82. The molecule has 0 bridgehead atoms. The Hall–Kier alpha value is -2.34. The molecule has 0 spiro atoms. The maximum absolute atomic E-state index is 13.5. The van der Waals surface area contributed by atoms with Crippen LogP contribution in [0.4, 0.5) is 10.1 Å². The first kappa shape index (κ1) is 13.1. The first-order chi connectivity index (χ1) is 9.10. The van der Waals surface area contributed by atoms with Gasteiger partial charge in [0.2, 0.25) is 0 Å². The lowest BCUT2D eigenvalue weighted by Gasteiger charge is -2.16. The van der Waals surface area contributed by atoms with E-state index in [9.17, 15) is 4.39 Å². The number of nitriles is 1. The molecule has 96 valence electrons. The minimum absolute atomic E-state index is 0.00964. The molecule has 0 heterocycles. The number of anilines is 1. The maximum atomic E-state index is 13.5. The van der Waals surface area contributed by atoms with E-state index in [4.69, 9.17) is 5.26 Å². The molecular formula is C16H15FN2. The van der Waals surface area contributed by atoms with E-state index in [1.807, 2.05) is 31.2 Å². The van der Waals surface area contributed by atoms with Gasteiger partial charge in [0, 0.05) is 11.7 Å². The van der Waals surface area contributed by atoms with Gasteiger partial charge in [-0.05, 0) is 49.2 Å². The third-order valence-corrected chi connectivity index (χ3v) is 3.07. The second-order valence-electron chi connectivity index (χ2n) is 4.57. The van der Waals surface area contributed by atoms with Gasteiger partial charge in [0.15, 0.2) is 0 Å². The predicted molar refractivity (Wildman–Crippen MR) is 74.3 cm³/mol. The van der Waals surface area contributed by atoms with Gasteiger partial charge in [-0.2, -0.15) is 5.26 Å². The average Bonchev–Trinajstić information content (AvgIpc) is 2.43. The molecule has 0 amide bonds. The maximum Gasteiger partial charge on any atom is 0.128 e. The first-order valence-electron chi connectivity index (χ1n) is 6.13. The van der Waals surface area contributed by atoms with E-state index >= 15 is 0 Å². The van der Waals surface area contributed by atoms with Crippen molar-refractivity contribution in [3.63, 3.8) is 0 Å². The van der Waals surface area contributed by atoms with Crippen LogP contribution in [0, 0.1) is 24.1 Å². The zero-order chi connectivity index (χ0) is 13.8. The second kappa shape index (κ2) is 5.53. The summed E-state index contributed by atoms with van der Waals surface area (Å²) in [6.45, 7) is 3.72. The summed E-state index contributed by atoms with van der Waals surface area (Å²) in [5.74, 6) is -0.219. The standard InChI is InChI=1S/C16H15FN2/c1-11-6-7-15(9-16(11)17)19-12(2)14-5-3-4-13(8-14)10-18/h3-9,12,19H,1-2H3. The van der Waals surface area contributed by atoms with Gasteiger partial charge in [-0.3, -0.25) is 0 Å². The summed E-state index contributed by atoms with van der Waals surface area (Å²) < 4.78 is 13.5. The molecule has 0 saturated carbocycles. The van der Waals surface area contributed by atoms with Crippen LogP contribution in [-0.2, 0) is 0 Å². The van der Waals surface area contributed by atoms with Crippen LogP contribution in [0.15, 0.2) is 42.5 Å². The molecule has 0 aliphatic rings. The van der Waals surface area contributed by atoms with E-state index < -0.39 is 0 Å². The summed E-state index contributed by atoms with van der Waals surface area (Å²) >= 11 is 0. The second-order valence-corrected chi connectivity index (χ2v) is 4.57. The molecule has 0 fully saturated rings. The Morgan fingerprint density at radius 1 is 1.21 bits per heavy atom. The minimum Gasteiger partial charge on any atom is -0.378 e. The number of hydrogen-bond acceptors (Lipinski definition) is 2. The monoisotopic (exact) mass is 254 g/mol. The molecule has 0 aliphatic heterocycles. The molecule has 2 aromatic carbocycles. The predicted octanol–water partition coefficient (Wildman–Crippen LogP) is 4.18. The molecule has 3 heteroatoms. The highest BCUT2D eigenvalue weighted by atomic mass is 19.1. The van der Waals surface area contributed by atoms with Gasteiger partial charge >= 0.3 is 0 Å². The zero-order valence-electron chi connectivity index (χ0n) is 10.9. The minimum atomic E-state index is -0.219. The molecule has 0 aliphatic carbocycles. The number of rotatable bonds is 3. The number of nitrogens with zero attached hydrogens (tertiary/aromatic N) is 1. The van der Waals surface area contributed by atoms with Crippen molar-refractivity contribution in [3.8, 4) is 6.07 Å². The van der Waals surface area contributed by atoms with Crippen LogP contribution in [0.5, 0.6) is 0 Å². The fraction of sp³-hybridized carbons (Fsp3) is 0.188. The van der Waals surface area contributed by atoms with Crippen LogP contribution in [0.25, 0.3) is 0 Å². The van der Waals surface area contributed by atoms with Crippen molar-refractivity contribution in [1.29, 1.82) is 5.26 Å². The van der Waals surface area contributed by atoms with Crippen LogP contribution >= 0.6 is 0 Å². The lowest BCUT2D eigenvalue weighted by Crippen LogP contribution is -2.07. The van der Waals surface area contributed by atoms with Crippen LogP contribution in [0.2, 0.25) is 0 Å². The number of aryl methyl sites for hydroxylation is 1. The third-order valence-electron chi connectivity index (χ3n) is 3.07. The Bertz CT molecular complexity index is 629. The molecule has 19 heavy (non-hydrogen) atoms. The first-order valence-corrected chi connectivity index (χ1v) is 6.13. The van der Waals surface area contributed by atoms with Crippen LogP contribution in [-0.4, -0.2) is 0 Å². The molecular weight excluding hydrogens is 239 g/mol. The van der Waals surface area contributed by atoms with E-state index in [0.717, 1.165) is 11.3 Å². The van der Waals surface area contributed by atoms with E-state index in [1.54, 1.807) is 19.1 Å².